The topological polar surface area (TPSA) is 80.4 Å². The molecule has 32 heavy (non-hydrogen) atoms. The lowest BCUT2D eigenvalue weighted by Crippen LogP contribution is -2.65. The van der Waals surface area contributed by atoms with Crippen molar-refractivity contribution in [3.05, 3.63) is 58.9 Å². The van der Waals surface area contributed by atoms with Gasteiger partial charge in [0, 0.05) is 22.8 Å². The fourth-order valence-corrected chi connectivity index (χ4v) is 5.01. The summed E-state index contributed by atoms with van der Waals surface area (Å²) in [4.78, 5) is 29.1. The molecule has 1 aromatic carbocycles. The van der Waals surface area contributed by atoms with Crippen molar-refractivity contribution in [3.63, 3.8) is 0 Å². The lowest BCUT2D eigenvalue weighted by molar-refractivity contribution is -0.127. The van der Waals surface area contributed by atoms with Crippen molar-refractivity contribution in [2.24, 2.45) is 0 Å². The maximum absolute atomic E-state index is 13.8. The molecule has 1 atom stereocenters. The summed E-state index contributed by atoms with van der Waals surface area (Å²) in [7, 11) is 0. The molecule has 0 spiro atoms. The minimum absolute atomic E-state index is 0.139. The average molecular weight is 453 g/mol. The largest absolute Gasteiger partial charge is 0.463 e. The summed E-state index contributed by atoms with van der Waals surface area (Å²) in [5.74, 6) is 0.120. The smallest absolute Gasteiger partial charge is 0.277 e. The van der Waals surface area contributed by atoms with Crippen LogP contribution < -0.4 is 10.2 Å². The number of nitrogens with one attached hydrogen (secondary N) is 1. The molecule has 1 aliphatic carbocycles. The van der Waals surface area contributed by atoms with E-state index in [4.69, 9.17) is 16.0 Å². The van der Waals surface area contributed by atoms with Crippen LogP contribution in [-0.2, 0) is 11.3 Å². The van der Waals surface area contributed by atoms with Gasteiger partial charge in [-0.25, -0.2) is 0 Å². The monoisotopic (exact) mass is 452 g/mol. The number of carbonyl (C=O) groups is 2. The maximum atomic E-state index is 13.8. The number of fused-ring (bicyclic) bond motifs is 1. The van der Waals surface area contributed by atoms with E-state index in [1.165, 1.54) is 0 Å². The number of benzene rings is 1. The molecule has 0 radical (unpaired) electrons. The van der Waals surface area contributed by atoms with Crippen molar-refractivity contribution in [2.75, 3.05) is 4.90 Å². The van der Waals surface area contributed by atoms with Gasteiger partial charge in [0.05, 0.1) is 12.8 Å². The second-order valence-corrected chi connectivity index (χ2v) is 9.29. The van der Waals surface area contributed by atoms with Crippen LogP contribution in [0, 0.1) is 6.92 Å². The highest BCUT2D eigenvalue weighted by atomic mass is 35.5. The Labute approximate surface area is 191 Å². The first-order chi connectivity index (χ1) is 15.4. The number of anilines is 1. The molecule has 2 aliphatic rings. The number of hydrogen-bond donors (Lipinski definition) is 1. The van der Waals surface area contributed by atoms with Crippen LogP contribution in [0.2, 0.25) is 5.02 Å². The second kappa shape index (κ2) is 7.81. The first-order valence-corrected chi connectivity index (χ1v) is 11.3. The third-order valence-corrected chi connectivity index (χ3v) is 6.74. The molecule has 8 heteroatoms. The molecule has 0 bridgehead atoms. The van der Waals surface area contributed by atoms with Crippen LogP contribution in [-0.4, -0.2) is 33.2 Å². The first-order valence-electron chi connectivity index (χ1n) is 10.9. The Morgan fingerprint density at radius 1 is 1.25 bits per heavy atom. The zero-order valence-corrected chi connectivity index (χ0v) is 18.9. The number of aromatic nitrogens is 2. The molecule has 1 saturated carbocycles. The van der Waals surface area contributed by atoms with Gasteiger partial charge in [-0.2, -0.15) is 5.10 Å². The van der Waals surface area contributed by atoms with E-state index < -0.39 is 5.54 Å². The van der Waals surface area contributed by atoms with Crippen LogP contribution in [0.3, 0.4) is 0 Å². The molecule has 0 unspecified atom stereocenters. The third-order valence-electron chi connectivity index (χ3n) is 6.51. The number of amides is 2. The third kappa shape index (κ3) is 3.41. The Hall–Kier alpha value is -3.06. The molecule has 1 fully saturated rings. The van der Waals surface area contributed by atoms with Crippen LogP contribution >= 0.6 is 11.6 Å². The highest BCUT2D eigenvalue weighted by molar-refractivity contribution is 6.30. The van der Waals surface area contributed by atoms with Crippen molar-refractivity contribution >= 4 is 29.1 Å². The van der Waals surface area contributed by atoms with Gasteiger partial charge in [-0.05, 0) is 62.6 Å². The molecule has 3 heterocycles. The molecule has 3 aromatic rings. The summed E-state index contributed by atoms with van der Waals surface area (Å²) in [6.07, 6.45) is 5.71. The molecule has 1 aliphatic heterocycles. The van der Waals surface area contributed by atoms with E-state index in [2.05, 4.69) is 10.4 Å². The van der Waals surface area contributed by atoms with E-state index in [0.717, 1.165) is 31.2 Å². The number of hydrogen-bond acceptors (Lipinski definition) is 4. The summed E-state index contributed by atoms with van der Waals surface area (Å²) in [5.41, 5.74) is 1.31. The van der Waals surface area contributed by atoms with Gasteiger partial charge in [-0.1, -0.05) is 24.4 Å². The fourth-order valence-electron chi connectivity index (χ4n) is 4.78. The summed E-state index contributed by atoms with van der Waals surface area (Å²) in [6.45, 7) is 3.93. The Bertz CT molecular complexity index is 1180. The predicted octanol–water partition coefficient (Wildman–Crippen LogP) is 4.58. The van der Waals surface area contributed by atoms with Gasteiger partial charge in [0.25, 0.3) is 5.91 Å². The number of nitrogens with zero attached hydrogens (tertiary/aromatic N) is 3. The molecular weight excluding hydrogens is 428 g/mol. The van der Waals surface area contributed by atoms with Crippen molar-refractivity contribution in [1.82, 2.24) is 15.1 Å². The zero-order chi connectivity index (χ0) is 22.5. The van der Waals surface area contributed by atoms with E-state index in [-0.39, 0.29) is 24.4 Å². The zero-order valence-electron chi connectivity index (χ0n) is 18.1. The van der Waals surface area contributed by atoms with Crippen molar-refractivity contribution in [1.29, 1.82) is 0 Å². The predicted molar refractivity (Wildman–Crippen MR) is 122 cm³/mol. The summed E-state index contributed by atoms with van der Waals surface area (Å²) < 4.78 is 7.09. The molecule has 1 N–H and O–H groups in total. The lowest BCUT2D eigenvalue weighted by atomic mass is 9.92. The van der Waals surface area contributed by atoms with Crippen LogP contribution in [0.4, 0.5) is 5.69 Å². The van der Waals surface area contributed by atoms with E-state index in [9.17, 15) is 9.59 Å². The number of carbonyl (C=O) groups excluding carboxylic acids is 2. The van der Waals surface area contributed by atoms with E-state index in [1.54, 1.807) is 59.2 Å². The standard InChI is InChI=1S/C24H25ClN4O3/c1-15-12-16(25)9-10-19(15)29-22(30)20-13-18(21-8-5-11-32-21)27-28(20)14-24(29,2)23(31)26-17-6-3-4-7-17/h5,8-13,17H,3-4,6-7,14H2,1-2H3,(H,26,31)/t24-/m1/s1. The van der Waals surface area contributed by atoms with Crippen LogP contribution in [0.15, 0.2) is 47.1 Å². The molecular formula is C24H25ClN4O3. The van der Waals surface area contributed by atoms with Gasteiger partial charge < -0.3 is 9.73 Å². The van der Waals surface area contributed by atoms with Crippen molar-refractivity contribution in [2.45, 2.75) is 57.7 Å². The number of aryl methyl sites for hydroxylation is 1. The summed E-state index contributed by atoms with van der Waals surface area (Å²) in [6, 6.07) is 10.8. The lowest BCUT2D eigenvalue weighted by Gasteiger charge is -2.44. The van der Waals surface area contributed by atoms with E-state index >= 15 is 0 Å². The minimum atomic E-state index is -1.16. The van der Waals surface area contributed by atoms with Crippen LogP contribution in [0.1, 0.15) is 48.7 Å². The second-order valence-electron chi connectivity index (χ2n) is 8.85. The Morgan fingerprint density at radius 3 is 2.72 bits per heavy atom. The minimum Gasteiger partial charge on any atom is -0.463 e. The molecule has 166 valence electrons. The number of rotatable bonds is 4. The van der Waals surface area contributed by atoms with Gasteiger partial charge in [-0.15, -0.1) is 0 Å². The molecule has 5 rings (SSSR count). The van der Waals surface area contributed by atoms with E-state index in [0.29, 0.717) is 27.9 Å². The van der Waals surface area contributed by atoms with E-state index in [1.807, 2.05) is 6.92 Å². The fraction of sp³-hybridized carbons (Fsp3) is 0.375. The van der Waals surface area contributed by atoms with Gasteiger partial charge in [0.1, 0.15) is 16.9 Å². The van der Waals surface area contributed by atoms with Gasteiger partial charge in [0.15, 0.2) is 5.76 Å². The van der Waals surface area contributed by atoms with Gasteiger partial charge >= 0.3 is 0 Å². The molecule has 2 aromatic heterocycles. The SMILES string of the molecule is Cc1cc(Cl)ccc1N1C(=O)c2cc(-c3ccco3)nn2C[C@]1(C)C(=O)NC1CCCC1. The highest BCUT2D eigenvalue weighted by Crippen LogP contribution is 2.37. The summed E-state index contributed by atoms with van der Waals surface area (Å²) in [5, 5.41) is 8.36. The van der Waals surface area contributed by atoms with Gasteiger partial charge in [0.2, 0.25) is 5.91 Å². The molecule has 7 nitrogen and oxygen atoms in total. The van der Waals surface area contributed by atoms with Crippen molar-refractivity contribution < 1.29 is 14.0 Å². The summed E-state index contributed by atoms with van der Waals surface area (Å²) >= 11 is 6.17. The normalized spacial score (nSPS) is 21.1. The maximum Gasteiger partial charge on any atom is 0.277 e. The number of halogens is 1. The molecule has 0 saturated heterocycles. The van der Waals surface area contributed by atoms with Gasteiger partial charge in [-0.3, -0.25) is 19.2 Å². The Kier molecular flexibility index (Phi) is 5.08. The highest BCUT2D eigenvalue weighted by Gasteiger charge is 2.49. The quantitative estimate of drug-likeness (QED) is 0.628. The van der Waals surface area contributed by atoms with Crippen LogP contribution in [0.25, 0.3) is 11.5 Å². The first kappa shape index (κ1) is 20.8. The van der Waals surface area contributed by atoms with Crippen LogP contribution in [0.5, 0.6) is 0 Å². The average Bonchev–Trinajstić information content (AvgIpc) is 3.50. The Morgan fingerprint density at radius 2 is 2.03 bits per heavy atom. The Balaban J connectivity index is 1.60. The number of furan rings is 1. The van der Waals surface area contributed by atoms with Crippen molar-refractivity contribution in [3.8, 4) is 11.5 Å². The molecule has 2 amide bonds.